The molecule has 278 valence electrons. The summed E-state index contributed by atoms with van der Waals surface area (Å²) in [4.78, 5) is 12.6. The van der Waals surface area contributed by atoms with Crippen molar-refractivity contribution in [2.45, 2.75) is 117 Å². The van der Waals surface area contributed by atoms with Gasteiger partial charge in [-0.3, -0.25) is 4.79 Å². The average Bonchev–Trinajstić information content (AvgIpc) is 3.73. The molecule has 1 aromatic heterocycles. The van der Waals surface area contributed by atoms with Gasteiger partial charge < -0.3 is 37.3 Å². The Labute approximate surface area is 303 Å². The zero-order chi connectivity index (χ0) is 37.3. The Morgan fingerprint density at radius 3 is 2.20 bits per heavy atom. The van der Waals surface area contributed by atoms with Gasteiger partial charge in [0.05, 0.1) is 17.7 Å². The van der Waals surface area contributed by atoms with Gasteiger partial charge >= 0.3 is 0 Å². The Morgan fingerprint density at radius 1 is 1.02 bits per heavy atom. The maximum absolute atomic E-state index is 12.6. The van der Waals surface area contributed by atoms with Crippen molar-refractivity contribution < 1.29 is 4.79 Å². The summed E-state index contributed by atoms with van der Waals surface area (Å²) in [5, 5.41) is 25.3. The van der Waals surface area contributed by atoms with Crippen molar-refractivity contribution in [3.05, 3.63) is 66.2 Å². The van der Waals surface area contributed by atoms with Crippen LogP contribution < -0.4 is 43.4 Å². The number of aromatic nitrogens is 1. The van der Waals surface area contributed by atoms with Crippen molar-refractivity contribution in [1.29, 1.82) is 5.26 Å². The monoisotopic (exact) mass is 689 g/mol. The summed E-state index contributed by atoms with van der Waals surface area (Å²) < 4.78 is 2.27. The molecule has 0 aliphatic heterocycles. The van der Waals surface area contributed by atoms with Crippen LogP contribution in [0.5, 0.6) is 0 Å². The number of nitrogens with one attached hydrogen (secondary N) is 4. The van der Waals surface area contributed by atoms with E-state index >= 15 is 0 Å². The molecule has 0 bridgehead atoms. The smallest absolute Gasteiger partial charge is 0.240 e. The fraction of sp³-hybridized carbons (Fsp3) is 0.585. The molecule has 1 aliphatic rings. The maximum Gasteiger partial charge on any atom is 0.240 e. The number of allylic oxidation sites excluding steroid dienone is 1. The zero-order valence-corrected chi connectivity index (χ0v) is 31.7. The first kappa shape index (κ1) is 43.9. The van der Waals surface area contributed by atoms with Crippen molar-refractivity contribution in [2.75, 3.05) is 20.1 Å². The number of unbranched alkanes of at least 4 members (excludes halogenated alkanes) is 5. The molecule has 0 spiro atoms. The molecule has 1 fully saturated rings. The Kier molecular flexibility index (Phi) is 22.6. The van der Waals surface area contributed by atoms with E-state index in [9.17, 15) is 4.79 Å². The minimum absolute atomic E-state index is 0.109. The van der Waals surface area contributed by atoms with E-state index in [1.54, 1.807) is 0 Å². The lowest BCUT2D eigenvalue weighted by molar-refractivity contribution is -0.121. The summed E-state index contributed by atoms with van der Waals surface area (Å²) in [6.45, 7) is 24.4. The van der Waals surface area contributed by atoms with Gasteiger partial charge in [0.15, 0.2) is 6.19 Å². The number of nitriles is 1. The van der Waals surface area contributed by atoms with Crippen LogP contribution in [-0.4, -0.2) is 36.8 Å². The standard InChI is InChI=1S/C35H51N5O.C5H12N2.CH5N/c1-6-33-32-21-15-14-20-31(32)28(5)40(33)22-16-10-8-7-9-11-19-30(29-17-12-13-18-29)27(4)37-24-35(41)39-34(38-25-36)23-26(2)3;1-3-4-7-5(2)6;1-2/h14-15,20-21,26,29-30,34,37-38H,1,4-5,7-13,16-19,22-24H2,2-3H3,(H,39,41);7H,2-4,6H2,1H3;2H2,1H3. The van der Waals surface area contributed by atoms with Gasteiger partial charge in [0.2, 0.25) is 5.91 Å². The molecule has 1 saturated carbocycles. The summed E-state index contributed by atoms with van der Waals surface area (Å²) in [5.41, 5.74) is 13.8. The van der Waals surface area contributed by atoms with Gasteiger partial charge in [0, 0.05) is 40.8 Å². The van der Waals surface area contributed by atoms with E-state index < -0.39 is 0 Å². The first-order valence-corrected chi connectivity index (χ1v) is 18.7. The predicted molar refractivity (Wildman–Crippen MR) is 213 cm³/mol. The molecule has 1 heterocycles. The number of nitrogens with zero attached hydrogens (tertiary/aromatic N) is 2. The van der Waals surface area contributed by atoms with E-state index in [1.165, 1.54) is 75.6 Å². The van der Waals surface area contributed by atoms with Gasteiger partial charge in [-0.15, -0.1) is 5.73 Å². The maximum atomic E-state index is 12.6. The second kappa shape index (κ2) is 25.8. The third kappa shape index (κ3) is 16.1. The van der Waals surface area contributed by atoms with E-state index in [0.717, 1.165) is 48.7 Å². The summed E-state index contributed by atoms with van der Waals surface area (Å²) in [6.07, 6.45) is 16.9. The van der Waals surface area contributed by atoms with E-state index in [1.807, 2.05) is 6.19 Å². The van der Waals surface area contributed by atoms with Crippen LogP contribution in [0.25, 0.3) is 23.1 Å². The normalized spacial score (nSPS) is 13.5. The Bertz CT molecular complexity index is 1460. The minimum atomic E-state index is -0.334. The van der Waals surface area contributed by atoms with Gasteiger partial charge in [-0.1, -0.05) is 116 Å². The third-order valence-electron chi connectivity index (χ3n) is 9.18. The molecule has 50 heavy (non-hydrogen) atoms. The highest BCUT2D eigenvalue weighted by Gasteiger charge is 2.27. The lowest BCUT2D eigenvalue weighted by Gasteiger charge is -2.27. The second-order valence-corrected chi connectivity index (χ2v) is 13.6. The highest BCUT2D eigenvalue weighted by Crippen LogP contribution is 2.37. The molecule has 1 amide bonds. The van der Waals surface area contributed by atoms with E-state index in [2.05, 4.69) is 109 Å². The van der Waals surface area contributed by atoms with Gasteiger partial charge in [-0.25, -0.2) is 0 Å². The van der Waals surface area contributed by atoms with Crippen molar-refractivity contribution in [3.8, 4) is 6.19 Å². The van der Waals surface area contributed by atoms with Gasteiger partial charge in [-0.2, -0.15) is 5.26 Å². The fourth-order valence-corrected chi connectivity index (χ4v) is 6.76. The van der Waals surface area contributed by atoms with E-state index in [-0.39, 0.29) is 18.6 Å². The van der Waals surface area contributed by atoms with Crippen LogP contribution >= 0.6 is 0 Å². The Balaban J connectivity index is 0.00000123. The Hall–Kier alpha value is -4.12. The number of hydrogen-bond acceptors (Lipinski definition) is 7. The molecule has 0 radical (unpaired) electrons. The fourth-order valence-electron chi connectivity index (χ4n) is 6.76. The molecule has 1 aliphatic carbocycles. The van der Waals surface area contributed by atoms with Crippen molar-refractivity contribution in [2.24, 2.45) is 29.2 Å². The highest BCUT2D eigenvalue weighted by molar-refractivity contribution is 5.83. The number of carbonyl (C=O) groups excluding carboxylic acids is 1. The number of carbonyl (C=O) groups is 1. The number of nitrogens with two attached hydrogens (primary N) is 2. The Morgan fingerprint density at radius 2 is 1.64 bits per heavy atom. The quantitative estimate of drug-likeness (QED) is 0.0420. The van der Waals surface area contributed by atoms with E-state index in [4.69, 9.17) is 11.0 Å². The van der Waals surface area contributed by atoms with Crippen LogP contribution in [0.1, 0.15) is 104 Å². The molecule has 3 rings (SSSR count). The minimum Gasteiger partial charge on any atom is -0.386 e. The zero-order valence-electron chi connectivity index (χ0n) is 31.7. The molecule has 2 aromatic rings. The number of fused-ring (bicyclic) bond motifs is 1. The molecule has 0 saturated heterocycles. The van der Waals surface area contributed by atoms with Gasteiger partial charge in [0.25, 0.3) is 0 Å². The predicted octanol–water partition coefficient (Wildman–Crippen LogP) is 5.81. The second-order valence-electron chi connectivity index (χ2n) is 13.6. The lowest BCUT2D eigenvalue weighted by Crippen LogP contribution is -2.47. The number of amides is 1. The van der Waals surface area contributed by atoms with Crippen molar-refractivity contribution >= 4 is 29.0 Å². The summed E-state index contributed by atoms with van der Waals surface area (Å²) >= 11 is 0. The number of rotatable bonds is 21. The molecule has 2 unspecified atom stereocenters. The van der Waals surface area contributed by atoms with Crippen LogP contribution in [0, 0.1) is 29.2 Å². The largest absolute Gasteiger partial charge is 0.386 e. The lowest BCUT2D eigenvalue weighted by atomic mass is 9.84. The molecule has 2 atom stereocenters. The molecule has 8 N–H and O–H groups in total. The van der Waals surface area contributed by atoms with Crippen molar-refractivity contribution in [1.82, 2.24) is 25.8 Å². The SMILES string of the molecule is C=C(N)NCCC.C=C=c1c2ccccc2c(=C)n1CCCCCCCCC(C(=C)NCC(=O)NC(CC(C)C)NC#N)C1CCCC1.CN. The number of hydrogen-bond donors (Lipinski definition) is 6. The van der Waals surface area contributed by atoms with Crippen LogP contribution in [0.2, 0.25) is 0 Å². The van der Waals surface area contributed by atoms with Gasteiger partial charge in [-0.05, 0) is 57.4 Å². The number of benzene rings is 1. The molecular formula is C41H68N8O. The van der Waals surface area contributed by atoms with Crippen molar-refractivity contribution in [3.63, 3.8) is 0 Å². The average molecular weight is 689 g/mol. The summed E-state index contributed by atoms with van der Waals surface area (Å²) in [5.74, 6) is 1.91. The summed E-state index contributed by atoms with van der Waals surface area (Å²) in [7, 11) is 1.50. The molecule has 1 aromatic carbocycles. The molecular weight excluding hydrogens is 621 g/mol. The van der Waals surface area contributed by atoms with Gasteiger partial charge in [0.1, 0.15) is 6.17 Å². The topological polar surface area (TPSA) is 146 Å². The molecule has 9 heteroatoms. The van der Waals surface area contributed by atoms with Crippen LogP contribution in [-0.2, 0) is 11.3 Å². The first-order valence-electron chi connectivity index (χ1n) is 18.7. The molecule has 9 nitrogen and oxygen atoms in total. The van der Waals surface area contributed by atoms with Crippen LogP contribution in [0.3, 0.4) is 0 Å². The van der Waals surface area contributed by atoms with E-state index in [0.29, 0.717) is 30.0 Å². The van der Waals surface area contributed by atoms with Crippen LogP contribution in [0.15, 0.2) is 55.5 Å². The first-order chi connectivity index (χ1) is 24.1. The summed E-state index contributed by atoms with van der Waals surface area (Å²) in [6, 6.07) is 8.38. The third-order valence-corrected chi connectivity index (χ3v) is 9.18. The highest BCUT2D eigenvalue weighted by atomic mass is 16.2. The van der Waals surface area contributed by atoms with Crippen LogP contribution in [0.4, 0.5) is 0 Å².